The summed E-state index contributed by atoms with van der Waals surface area (Å²) in [7, 11) is 0. The van der Waals surface area contributed by atoms with Gasteiger partial charge in [0.25, 0.3) is 0 Å². The van der Waals surface area contributed by atoms with Gasteiger partial charge in [0, 0.05) is 20.8 Å². The van der Waals surface area contributed by atoms with Crippen LogP contribution in [-0.2, 0) is 0 Å². The van der Waals surface area contributed by atoms with Gasteiger partial charge in [0.2, 0.25) is 0 Å². The molecule has 0 aliphatic heterocycles. The number of fused-ring (bicyclic) bond motifs is 2. The number of nitrogens with zero attached hydrogens (tertiary/aromatic N) is 3. The summed E-state index contributed by atoms with van der Waals surface area (Å²) >= 11 is 9.95. The van der Waals surface area contributed by atoms with E-state index in [4.69, 9.17) is 16.6 Å². The van der Waals surface area contributed by atoms with Gasteiger partial charge in [0.05, 0.1) is 17.2 Å². The number of anilines is 1. The maximum absolute atomic E-state index is 6.39. The summed E-state index contributed by atoms with van der Waals surface area (Å²) < 4.78 is 1.01. The molecule has 0 spiro atoms. The summed E-state index contributed by atoms with van der Waals surface area (Å²) in [6.45, 7) is 2.03. The molecular weight excluding hydrogens is 484 g/mol. The first-order valence-electron chi connectivity index (χ1n) is 10.1. The first kappa shape index (κ1) is 20.6. The molecule has 5 aromatic rings. The average molecular weight is 502 g/mol. The molecular formula is C26H18BrClN4. The summed E-state index contributed by atoms with van der Waals surface area (Å²) in [5.41, 5.74) is 8.88. The minimum absolute atomic E-state index is 0.412. The molecule has 32 heavy (non-hydrogen) atoms. The van der Waals surface area contributed by atoms with Crippen LogP contribution in [0.2, 0.25) is 5.15 Å². The molecule has 0 atom stereocenters. The largest absolute Gasteiger partial charge is 0.261 e. The normalized spacial score (nSPS) is 11.5. The maximum Gasteiger partial charge on any atom is 0.147 e. The predicted octanol–water partition coefficient (Wildman–Crippen LogP) is 7.62. The van der Waals surface area contributed by atoms with Gasteiger partial charge in [-0.2, -0.15) is 5.10 Å². The molecule has 1 N–H and O–H groups in total. The van der Waals surface area contributed by atoms with Crippen molar-refractivity contribution in [2.45, 2.75) is 6.92 Å². The van der Waals surface area contributed by atoms with Crippen LogP contribution in [0.4, 0.5) is 5.82 Å². The van der Waals surface area contributed by atoms with Crippen molar-refractivity contribution >= 4 is 61.4 Å². The molecule has 6 heteroatoms. The highest BCUT2D eigenvalue weighted by Gasteiger charge is 2.09. The van der Waals surface area contributed by atoms with E-state index < -0.39 is 0 Å². The van der Waals surface area contributed by atoms with Crippen molar-refractivity contribution in [1.29, 1.82) is 0 Å². The zero-order chi connectivity index (χ0) is 22.1. The summed E-state index contributed by atoms with van der Waals surface area (Å²) in [6, 6.07) is 26.4. The van der Waals surface area contributed by atoms with Gasteiger partial charge in [0.1, 0.15) is 11.0 Å². The van der Waals surface area contributed by atoms with Crippen molar-refractivity contribution in [3.63, 3.8) is 0 Å². The SMILES string of the molecule is Cc1ccc2cc(/C=N/Nc3cc(-c4ccccc4)c4cc(Br)ccc4n3)c(Cl)nc2c1. The molecule has 2 aromatic heterocycles. The van der Waals surface area contributed by atoms with Crippen LogP contribution in [0, 0.1) is 6.92 Å². The van der Waals surface area contributed by atoms with Crippen molar-refractivity contribution in [2.75, 3.05) is 5.43 Å². The lowest BCUT2D eigenvalue weighted by Crippen LogP contribution is -1.97. The second kappa shape index (κ2) is 8.69. The van der Waals surface area contributed by atoms with E-state index in [-0.39, 0.29) is 0 Å². The van der Waals surface area contributed by atoms with Crippen LogP contribution in [0.15, 0.2) is 88.4 Å². The molecule has 0 radical (unpaired) electrons. The number of aryl methyl sites for hydroxylation is 1. The van der Waals surface area contributed by atoms with Gasteiger partial charge in [-0.05, 0) is 60.0 Å². The Morgan fingerprint density at radius 3 is 2.59 bits per heavy atom. The molecule has 0 saturated carbocycles. The van der Waals surface area contributed by atoms with E-state index in [1.807, 2.05) is 61.5 Å². The standard InChI is InChI=1S/C26H18BrClN4/c1-16-7-8-18-12-19(26(28)31-24(18)11-16)15-29-32-25-14-21(17-5-3-2-4-6-17)22-13-20(27)9-10-23(22)30-25/h2-15H,1H3,(H,30,32)/b29-15+. The van der Waals surface area contributed by atoms with Crippen LogP contribution in [0.5, 0.6) is 0 Å². The number of pyridine rings is 2. The van der Waals surface area contributed by atoms with Gasteiger partial charge in [-0.3, -0.25) is 5.43 Å². The lowest BCUT2D eigenvalue weighted by Gasteiger charge is -2.10. The van der Waals surface area contributed by atoms with Gasteiger partial charge in [-0.25, -0.2) is 9.97 Å². The van der Waals surface area contributed by atoms with E-state index in [1.165, 1.54) is 0 Å². The van der Waals surface area contributed by atoms with Crippen molar-refractivity contribution < 1.29 is 0 Å². The topological polar surface area (TPSA) is 50.2 Å². The minimum atomic E-state index is 0.412. The highest BCUT2D eigenvalue weighted by atomic mass is 79.9. The van der Waals surface area contributed by atoms with Crippen molar-refractivity contribution in [3.8, 4) is 11.1 Å². The van der Waals surface area contributed by atoms with Crippen molar-refractivity contribution in [1.82, 2.24) is 9.97 Å². The summed E-state index contributed by atoms with van der Waals surface area (Å²) in [6.07, 6.45) is 1.67. The minimum Gasteiger partial charge on any atom is -0.261 e. The van der Waals surface area contributed by atoms with Crippen molar-refractivity contribution in [2.24, 2.45) is 5.10 Å². The Bertz CT molecular complexity index is 1480. The zero-order valence-electron chi connectivity index (χ0n) is 17.2. The highest BCUT2D eigenvalue weighted by Crippen LogP contribution is 2.32. The van der Waals surface area contributed by atoms with E-state index in [1.54, 1.807) is 6.21 Å². The van der Waals surface area contributed by atoms with E-state index in [0.717, 1.165) is 48.5 Å². The van der Waals surface area contributed by atoms with Gasteiger partial charge in [-0.15, -0.1) is 0 Å². The summed E-state index contributed by atoms with van der Waals surface area (Å²) in [5.74, 6) is 0.649. The molecule has 0 bridgehead atoms. The third-order valence-corrected chi connectivity index (χ3v) is 5.99. The van der Waals surface area contributed by atoms with E-state index >= 15 is 0 Å². The number of hydrogen-bond donors (Lipinski definition) is 1. The fourth-order valence-electron chi connectivity index (χ4n) is 3.64. The third kappa shape index (κ3) is 4.22. The second-order valence-corrected chi connectivity index (χ2v) is 8.79. The molecule has 5 rings (SSSR count). The molecule has 0 saturated heterocycles. The molecule has 156 valence electrons. The second-order valence-electron chi connectivity index (χ2n) is 7.52. The molecule has 0 amide bonds. The Hall–Kier alpha value is -3.28. The predicted molar refractivity (Wildman–Crippen MR) is 138 cm³/mol. The molecule has 0 aliphatic carbocycles. The third-order valence-electron chi connectivity index (χ3n) is 5.19. The highest BCUT2D eigenvalue weighted by molar-refractivity contribution is 9.10. The molecule has 3 aromatic carbocycles. The van der Waals surface area contributed by atoms with Crippen LogP contribution in [0.3, 0.4) is 0 Å². The van der Waals surface area contributed by atoms with Crippen LogP contribution in [0.25, 0.3) is 32.9 Å². The first-order valence-corrected chi connectivity index (χ1v) is 11.3. The monoisotopic (exact) mass is 500 g/mol. The maximum atomic E-state index is 6.39. The van der Waals surface area contributed by atoms with Crippen LogP contribution < -0.4 is 5.43 Å². The lowest BCUT2D eigenvalue weighted by atomic mass is 10.0. The summed E-state index contributed by atoms with van der Waals surface area (Å²) in [5, 5.41) is 6.88. The van der Waals surface area contributed by atoms with Gasteiger partial charge < -0.3 is 0 Å². The van der Waals surface area contributed by atoms with Gasteiger partial charge >= 0.3 is 0 Å². The quantitative estimate of drug-likeness (QED) is 0.156. The number of hydrogen-bond acceptors (Lipinski definition) is 4. The number of benzene rings is 3. The fraction of sp³-hybridized carbons (Fsp3) is 0.0385. The van der Waals surface area contributed by atoms with Crippen LogP contribution >= 0.6 is 27.5 Å². The Balaban J connectivity index is 1.50. The van der Waals surface area contributed by atoms with Gasteiger partial charge in [-0.1, -0.05) is 70.0 Å². The first-order chi connectivity index (χ1) is 15.6. The average Bonchev–Trinajstić information content (AvgIpc) is 2.80. The summed E-state index contributed by atoms with van der Waals surface area (Å²) in [4.78, 5) is 9.21. The van der Waals surface area contributed by atoms with Crippen LogP contribution in [-0.4, -0.2) is 16.2 Å². The lowest BCUT2D eigenvalue weighted by molar-refractivity contribution is 1.26. The number of hydrazone groups is 1. The number of nitrogens with one attached hydrogen (secondary N) is 1. The Morgan fingerprint density at radius 2 is 1.75 bits per heavy atom. The Morgan fingerprint density at radius 1 is 0.906 bits per heavy atom. The fourth-order valence-corrected chi connectivity index (χ4v) is 4.20. The van der Waals surface area contributed by atoms with E-state index in [0.29, 0.717) is 11.0 Å². The van der Waals surface area contributed by atoms with E-state index in [2.05, 4.69) is 55.7 Å². The molecule has 0 unspecified atom stereocenters. The number of aromatic nitrogens is 2. The van der Waals surface area contributed by atoms with Crippen LogP contribution in [0.1, 0.15) is 11.1 Å². The number of halogens is 2. The molecule has 2 heterocycles. The number of rotatable bonds is 4. The zero-order valence-corrected chi connectivity index (χ0v) is 19.5. The molecule has 4 nitrogen and oxygen atoms in total. The Kier molecular flexibility index (Phi) is 5.60. The van der Waals surface area contributed by atoms with Crippen molar-refractivity contribution in [3.05, 3.63) is 99.6 Å². The smallest absolute Gasteiger partial charge is 0.147 e. The van der Waals surface area contributed by atoms with Gasteiger partial charge in [0.15, 0.2) is 0 Å². The molecule has 0 aliphatic rings. The Labute approximate surface area is 199 Å². The molecule has 0 fully saturated rings. The van der Waals surface area contributed by atoms with E-state index in [9.17, 15) is 0 Å².